The number of benzene rings is 2. The molecule has 0 saturated heterocycles. The van der Waals surface area contributed by atoms with E-state index in [-0.39, 0.29) is 25.2 Å². The average molecular weight is 447 g/mol. The first-order valence-corrected chi connectivity index (χ1v) is 11.5. The topological polar surface area (TPSA) is 116 Å². The molecule has 0 saturated carbocycles. The SMILES string of the molecule is CS(=O)(=O)Nc1cccc(C2=NN(C(=O)CCCC(=O)O)[C@@H](c3cccc(F)c3)C2)c1. The normalized spacial score (nSPS) is 16.1. The number of carbonyl (C=O) groups is 2. The Morgan fingerprint density at radius 1 is 1.19 bits per heavy atom. The van der Waals surface area contributed by atoms with Gasteiger partial charge in [-0.25, -0.2) is 17.8 Å². The number of hydrogen-bond donors (Lipinski definition) is 2. The van der Waals surface area contributed by atoms with Crippen LogP contribution in [0.1, 0.15) is 42.9 Å². The molecular weight excluding hydrogens is 425 g/mol. The van der Waals surface area contributed by atoms with Crippen molar-refractivity contribution >= 4 is 33.3 Å². The number of amides is 1. The van der Waals surface area contributed by atoms with Crippen molar-refractivity contribution in [2.45, 2.75) is 31.7 Å². The summed E-state index contributed by atoms with van der Waals surface area (Å²) in [6, 6.07) is 12.0. The number of sulfonamides is 1. The number of carboxylic acids is 1. The predicted octanol–water partition coefficient (Wildman–Crippen LogP) is 3.13. The molecule has 1 aliphatic rings. The highest BCUT2D eigenvalue weighted by Crippen LogP contribution is 2.34. The molecule has 0 unspecified atom stereocenters. The van der Waals surface area contributed by atoms with Crippen LogP contribution in [0.2, 0.25) is 0 Å². The molecule has 0 bridgehead atoms. The Labute approximate surface area is 179 Å². The summed E-state index contributed by atoms with van der Waals surface area (Å²) in [7, 11) is -3.46. The van der Waals surface area contributed by atoms with E-state index in [4.69, 9.17) is 5.11 Å². The lowest BCUT2D eigenvalue weighted by atomic mass is 9.98. The minimum absolute atomic E-state index is 0.00936. The third-order valence-electron chi connectivity index (χ3n) is 4.68. The number of aliphatic carboxylic acids is 1. The number of hydrazone groups is 1. The Morgan fingerprint density at radius 3 is 2.61 bits per heavy atom. The maximum atomic E-state index is 13.8. The van der Waals surface area contributed by atoms with Gasteiger partial charge < -0.3 is 5.11 Å². The molecular formula is C21H22FN3O5S. The molecule has 3 rings (SSSR count). The second-order valence-electron chi connectivity index (χ2n) is 7.26. The maximum absolute atomic E-state index is 13.8. The largest absolute Gasteiger partial charge is 0.481 e. The van der Waals surface area contributed by atoms with Crippen LogP contribution in [0.5, 0.6) is 0 Å². The van der Waals surface area contributed by atoms with Gasteiger partial charge in [-0.2, -0.15) is 5.10 Å². The molecule has 8 nitrogen and oxygen atoms in total. The summed E-state index contributed by atoms with van der Waals surface area (Å²) in [5.41, 5.74) is 2.08. The van der Waals surface area contributed by atoms with Crippen LogP contribution in [0, 0.1) is 5.82 Å². The Kier molecular flexibility index (Phi) is 6.69. The quantitative estimate of drug-likeness (QED) is 0.645. The molecule has 1 amide bonds. The van der Waals surface area contributed by atoms with Gasteiger partial charge in [0.1, 0.15) is 5.82 Å². The first-order chi connectivity index (χ1) is 14.6. The van der Waals surface area contributed by atoms with Crippen molar-refractivity contribution < 1.29 is 27.5 Å². The van der Waals surface area contributed by atoms with Gasteiger partial charge in [-0.15, -0.1) is 0 Å². The Bertz CT molecular complexity index is 1130. The van der Waals surface area contributed by atoms with E-state index in [0.717, 1.165) is 6.26 Å². The molecule has 31 heavy (non-hydrogen) atoms. The highest BCUT2D eigenvalue weighted by molar-refractivity contribution is 7.92. The molecule has 0 fully saturated rings. The van der Waals surface area contributed by atoms with Gasteiger partial charge in [0.05, 0.1) is 18.0 Å². The zero-order valence-electron chi connectivity index (χ0n) is 16.8. The summed E-state index contributed by atoms with van der Waals surface area (Å²) < 4.78 is 39.2. The number of nitrogens with one attached hydrogen (secondary N) is 1. The van der Waals surface area contributed by atoms with Crippen LogP contribution in [0.4, 0.5) is 10.1 Å². The number of carboxylic acid groups (broad SMARTS) is 1. The number of carbonyl (C=O) groups excluding carboxylic acids is 1. The lowest BCUT2D eigenvalue weighted by Gasteiger charge is -2.22. The van der Waals surface area contributed by atoms with Gasteiger partial charge in [0.15, 0.2) is 0 Å². The van der Waals surface area contributed by atoms with Gasteiger partial charge in [0.25, 0.3) is 0 Å². The molecule has 0 aromatic heterocycles. The van der Waals surface area contributed by atoms with Crippen molar-refractivity contribution in [1.82, 2.24) is 5.01 Å². The second-order valence-corrected chi connectivity index (χ2v) is 9.01. The van der Waals surface area contributed by atoms with Gasteiger partial charge >= 0.3 is 5.97 Å². The molecule has 2 aromatic rings. The number of anilines is 1. The Hall–Kier alpha value is -3.27. The van der Waals surface area contributed by atoms with Gasteiger partial charge in [0, 0.05) is 24.9 Å². The lowest BCUT2D eigenvalue weighted by molar-refractivity contribution is -0.137. The molecule has 1 aliphatic heterocycles. The van der Waals surface area contributed by atoms with Crippen LogP contribution in [0.25, 0.3) is 0 Å². The minimum Gasteiger partial charge on any atom is -0.481 e. The van der Waals surface area contributed by atoms with Crippen LogP contribution >= 0.6 is 0 Å². The number of halogens is 1. The van der Waals surface area contributed by atoms with Crippen LogP contribution in [0.3, 0.4) is 0 Å². The van der Waals surface area contributed by atoms with E-state index in [1.165, 1.54) is 17.1 Å². The monoisotopic (exact) mass is 447 g/mol. The van der Waals surface area contributed by atoms with E-state index in [2.05, 4.69) is 9.82 Å². The zero-order valence-corrected chi connectivity index (χ0v) is 17.6. The number of rotatable bonds is 8. The summed E-state index contributed by atoms with van der Waals surface area (Å²) in [5.74, 6) is -1.80. The van der Waals surface area contributed by atoms with E-state index in [0.29, 0.717) is 28.9 Å². The summed E-state index contributed by atoms with van der Waals surface area (Å²) in [5, 5.41) is 14.5. The van der Waals surface area contributed by atoms with Crippen LogP contribution < -0.4 is 4.72 Å². The Balaban J connectivity index is 1.90. The Morgan fingerprint density at radius 2 is 1.94 bits per heavy atom. The summed E-state index contributed by atoms with van der Waals surface area (Å²) in [6.45, 7) is 0. The third kappa shape index (κ3) is 6.11. The van der Waals surface area contributed by atoms with E-state index >= 15 is 0 Å². The van der Waals surface area contributed by atoms with Crippen LogP contribution in [-0.4, -0.2) is 42.4 Å². The molecule has 1 atom stereocenters. The highest BCUT2D eigenvalue weighted by atomic mass is 32.2. The molecule has 10 heteroatoms. The second kappa shape index (κ2) is 9.25. The maximum Gasteiger partial charge on any atom is 0.303 e. The molecule has 0 aliphatic carbocycles. The molecule has 2 aromatic carbocycles. The van der Waals surface area contributed by atoms with Crippen molar-refractivity contribution in [2.75, 3.05) is 11.0 Å². The van der Waals surface area contributed by atoms with E-state index in [1.54, 1.807) is 36.4 Å². The number of hydrogen-bond acceptors (Lipinski definition) is 5. The fourth-order valence-corrected chi connectivity index (χ4v) is 3.93. The zero-order chi connectivity index (χ0) is 22.6. The fraction of sp³-hybridized carbons (Fsp3) is 0.286. The van der Waals surface area contributed by atoms with Gasteiger partial charge in [-0.3, -0.25) is 14.3 Å². The molecule has 164 valence electrons. The predicted molar refractivity (Wildman–Crippen MR) is 114 cm³/mol. The molecule has 0 spiro atoms. The molecule has 2 N–H and O–H groups in total. The standard InChI is InChI=1S/C21H22FN3O5S/c1-31(29,30)24-17-8-3-5-14(12-17)18-13-19(15-6-2-7-16(22)11-15)25(23-18)20(26)9-4-10-21(27)28/h2-3,5-8,11-12,19,24H,4,9-10,13H2,1H3,(H,27,28)/t19-/m1/s1. The van der Waals surface area contributed by atoms with Crippen LogP contribution in [-0.2, 0) is 19.6 Å². The fourth-order valence-electron chi connectivity index (χ4n) is 3.37. The lowest BCUT2D eigenvalue weighted by Crippen LogP contribution is -2.27. The molecule has 1 heterocycles. The van der Waals surface area contributed by atoms with Crippen molar-refractivity contribution in [3.8, 4) is 0 Å². The average Bonchev–Trinajstić information content (AvgIpc) is 3.12. The third-order valence-corrected chi connectivity index (χ3v) is 5.29. The minimum atomic E-state index is -3.46. The van der Waals surface area contributed by atoms with Crippen molar-refractivity contribution in [3.05, 3.63) is 65.5 Å². The van der Waals surface area contributed by atoms with Crippen molar-refractivity contribution in [2.24, 2.45) is 5.10 Å². The van der Waals surface area contributed by atoms with Crippen molar-refractivity contribution in [1.29, 1.82) is 0 Å². The van der Waals surface area contributed by atoms with Gasteiger partial charge in [-0.05, 0) is 41.8 Å². The first-order valence-electron chi connectivity index (χ1n) is 9.57. The van der Waals surface area contributed by atoms with Crippen LogP contribution in [0.15, 0.2) is 53.6 Å². The molecule has 0 radical (unpaired) electrons. The van der Waals surface area contributed by atoms with Crippen molar-refractivity contribution in [3.63, 3.8) is 0 Å². The van der Waals surface area contributed by atoms with Gasteiger partial charge in [-0.1, -0.05) is 24.3 Å². The van der Waals surface area contributed by atoms with E-state index in [9.17, 15) is 22.4 Å². The first kappa shape index (κ1) is 22.4. The smallest absolute Gasteiger partial charge is 0.303 e. The number of nitrogens with zero attached hydrogens (tertiary/aromatic N) is 2. The van der Waals surface area contributed by atoms with E-state index < -0.39 is 27.9 Å². The summed E-state index contributed by atoms with van der Waals surface area (Å²) in [4.78, 5) is 23.5. The van der Waals surface area contributed by atoms with Gasteiger partial charge in [0.2, 0.25) is 15.9 Å². The highest BCUT2D eigenvalue weighted by Gasteiger charge is 2.33. The van der Waals surface area contributed by atoms with E-state index in [1.807, 2.05) is 0 Å². The summed E-state index contributed by atoms with van der Waals surface area (Å²) in [6.07, 6.45) is 1.37. The summed E-state index contributed by atoms with van der Waals surface area (Å²) >= 11 is 0.